The van der Waals surface area contributed by atoms with Crippen LogP contribution in [0.1, 0.15) is 84.5 Å². The van der Waals surface area contributed by atoms with E-state index in [0.717, 1.165) is 49.2 Å². The molecule has 0 spiro atoms. The van der Waals surface area contributed by atoms with Crippen LogP contribution >= 0.6 is 0 Å². The molecule has 0 unspecified atom stereocenters. The Morgan fingerprint density at radius 1 is 0.862 bits per heavy atom. The molecule has 3 rings (SSSR count). The lowest BCUT2D eigenvalue weighted by atomic mass is 9.79. The van der Waals surface area contributed by atoms with E-state index >= 15 is 0 Å². The summed E-state index contributed by atoms with van der Waals surface area (Å²) in [7, 11) is 0. The highest BCUT2D eigenvalue weighted by molar-refractivity contribution is 4.96. The second-order valence-corrected chi connectivity index (χ2v) is 10.7. The standard InChI is InChI=1S/C23H40N6/c1-18(2)14-21-16-28(26-24-21)12-10-19-6-8-20(9-7-19)11-13-29-17-22(25-27-29)15-23(3,4)5/h16-20H,6-15H2,1-5H3. The number of aromatic nitrogens is 6. The van der Waals surface area contributed by atoms with Gasteiger partial charge in [-0.15, -0.1) is 10.2 Å². The Labute approximate surface area is 176 Å². The minimum absolute atomic E-state index is 0.265. The van der Waals surface area contributed by atoms with E-state index in [1.165, 1.54) is 38.5 Å². The van der Waals surface area contributed by atoms with Crippen LogP contribution in [0.15, 0.2) is 12.4 Å². The molecule has 0 saturated heterocycles. The minimum Gasteiger partial charge on any atom is -0.252 e. The van der Waals surface area contributed by atoms with Crippen LogP contribution in [0.3, 0.4) is 0 Å². The molecule has 1 aliphatic carbocycles. The molecule has 0 bridgehead atoms. The molecule has 0 atom stereocenters. The molecule has 6 nitrogen and oxygen atoms in total. The van der Waals surface area contributed by atoms with E-state index in [-0.39, 0.29) is 5.41 Å². The molecule has 2 heterocycles. The summed E-state index contributed by atoms with van der Waals surface area (Å²) in [6, 6.07) is 0. The topological polar surface area (TPSA) is 61.4 Å². The molecule has 1 aliphatic rings. The highest BCUT2D eigenvalue weighted by Gasteiger charge is 2.21. The highest BCUT2D eigenvalue weighted by atomic mass is 15.4. The third kappa shape index (κ3) is 7.56. The van der Waals surface area contributed by atoms with Gasteiger partial charge in [-0.05, 0) is 48.9 Å². The molecule has 0 radical (unpaired) electrons. The second-order valence-electron chi connectivity index (χ2n) is 10.7. The Morgan fingerprint density at radius 2 is 1.34 bits per heavy atom. The van der Waals surface area contributed by atoms with Gasteiger partial charge in [0, 0.05) is 25.5 Å². The summed E-state index contributed by atoms with van der Waals surface area (Å²) in [5.41, 5.74) is 2.51. The first-order chi connectivity index (χ1) is 13.8. The Balaban J connectivity index is 1.34. The molecule has 1 fully saturated rings. The van der Waals surface area contributed by atoms with E-state index in [1.54, 1.807) is 0 Å². The van der Waals surface area contributed by atoms with Gasteiger partial charge in [-0.2, -0.15) is 0 Å². The van der Waals surface area contributed by atoms with Gasteiger partial charge in [-0.1, -0.05) is 70.7 Å². The Morgan fingerprint density at radius 3 is 1.83 bits per heavy atom. The average Bonchev–Trinajstić information content (AvgIpc) is 3.26. The van der Waals surface area contributed by atoms with Crippen molar-refractivity contribution in [1.82, 2.24) is 30.0 Å². The molecule has 6 heteroatoms. The molecule has 0 N–H and O–H groups in total. The molecular formula is C23H40N6. The van der Waals surface area contributed by atoms with Gasteiger partial charge < -0.3 is 0 Å². The number of aryl methyl sites for hydroxylation is 2. The number of nitrogens with zero attached hydrogens (tertiary/aromatic N) is 6. The van der Waals surface area contributed by atoms with Crippen molar-refractivity contribution in [3.63, 3.8) is 0 Å². The third-order valence-electron chi connectivity index (χ3n) is 6.00. The van der Waals surface area contributed by atoms with Gasteiger partial charge in [0.25, 0.3) is 0 Å². The molecular weight excluding hydrogens is 360 g/mol. The van der Waals surface area contributed by atoms with Gasteiger partial charge in [0.05, 0.1) is 11.4 Å². The Hall–Kier alpha value is -1.72. The van der Waals surface area contributed by atoms with E-state index in [9.17, 15) is 0 Å². The van der Waals surface area contributed by atoms with Gasteiger partial charge in [0.1, 0.15) is 0 Å². The minimum atomic E-state index is 0.265. The van der Waals surface area contributed by atoms with Crippen molar-refractivity contribution in [3.05, 3.63) is 23.8 Å². The van der Waals surface area contributed by atoms with Crippen LogP contribution in [0.4, 0.5) is 0 Å². The molecule has 1 saturated carbocycles. The van der Waals surface area contributed by atoms with Gasteiger partial charge in [0.15, 0.2) is 0 Å². The van der Waals surface area contributed by atoms with Crippen molar-refractivity contribution < 1.29 is 0 Å². The summed E-state index contributed by atoms with van der Waals surface area (Å²) >= 11 is 0. The lowest BCUT2D eigenvalue weighted by molar-refractivity contribution is 0.235. The fraction of sp³-hybridized carbons (Fsp3) is 0.826. The van der Waals surface area contributed by atoms with E-state index in [2.05, 4.69) is 67.6 Å². The first-order valence-electron chi connectivity index (χ1n) is 11.5. The predicted octanol–water partition coefficient (Wildman–Crippen LogP) is 4.94. The van der Waals surface area contributed by atoms with Gasteiger partial charge in [-0.3, -0.25) is 9.36 Å². The van der Waals surface area contributed by atoms with Gasteiger partial charge >= 0.3 is 0 Å². The lowest BCUT2D eigenvalue weighted by Gasteiger charge is -2.28. The Kier molecular flexibility index (Phi) is 7.47. The number of hydrogen-bond acceptors (Lipinski definition) is 4. The van der Waals surface area contributed by atoms with Crippen molar-refractivity contribution in [3.8, 4) is 0 Å². The normalized spacial score (nSPS) is 20.5. The monoisotopic (exact) mass is 400 g/mol. The fourth-order valence-electron chi connectivity index (χ4n) is 4.47. The van der Waals surface area contributed by atoms with Crippen LogP contribution in [0.5, 0.6) is 0 Å². The van der Waals surface area contributed by atoms with Crippen molar-refractivity contribution in [2.45, 2.75) is 99.1 Å². The molecule has 2 aromatic heterocycles. The van der Waals surface area contributed by atoms with E-state index in [4.69, 9.17) is 0 Å². The molecule has 0 aliphatic heterocycles. The van der Waals surface area contributed by atoms with E-state index < -0.39 is 0 Å². The fourth-order valence-corrected chi connectivity index (χ4v) is 4.47. The maximum Gasteiger partial charge on any atom is 0.0832 e. The SMILES string of the molecule is CC(C)Cc1cn(CCC2CCC(CCn3cc(CC(C)(C)C)nn3)CC2)nn1. The summed E-state index contributed by atoms with van der Waals surface area (Å²) < 4.78 is 4.09. The van der Waals surface area contributed by atoms with Crippen LogP contribution < -0.4 is 0 Å². The smallest absolute Gasteiger partial charge is 0.0832 e. The summed E-state index contributed by atoms with van der Waals surface area (Å²) in [4.78, 5) is 0. The zero-order valence-corrected chi connectivity index (χ0v) is 19.1. The summed E-state index contributed by atoms with van der Waals surface area (Å²) in [5, 5.41) is 17.3. The van der Waals surface area contributed by atoms with E-state index in [0.29, 0.717) is 5.92 Å². The molecule has 0 amide bonds. The number of hydrogen-bond donors (Lipinski definition) is 0. The first kappa shape index (κ1) is 22.0. The lowest BCUT2D eigenvalue weighted by Crippen LogP contribution is -2.18. The van der Waals surface area contributed by atoms with Gasteiger partial charge in [-0.25, -0.2) is 0 Å². The van der Waals surface area contributed by atoms with Gasteiger partial charge in [0.2, 0.25) is 0 Å². The van der Waals surface area contributed by atoms with Crippen LogP contribution in [0.2, 0.25) is 0 Å². The number of rotatable bonds is 9. The van der Waals surface area contributed by atoms with Crippen LogP contribution in [0, 0.1) is 23.2 Å². The van der Waals surface area contributed by atoms with Crippen molar-refractivity contribution in [2.24, 2.45) is 23.2 Å². The maximum absolute atomic E-state index is 4.35. The zero-order valence-electron chi connectivity index (χ0n) is 19.1. The zero-order chi connectivity index (χ0) is 20.9. The highest BCUT2D eigenvalue weighted by Crippen LogP contribution is 2.33. The largest absolute Gasteiger partial charge is 0.252 e. The quantitative estimate of drug-likeness (QED) is 0.598. The third-order valence-corrected chi connectivity index (χ3v) is 6.00. The predicted molar refractivity (Wildman–Crippen MR) is 116 cm³/mol. The molecule has 162 valence electrons. The van der Waals surface area contributed by atoms with Crippen LogP contribution in [-0.4, -0.2) is 30.0 Å². The van der Waals surface area contributed by atoms with Crippen molar-refractivity contribution in [2.75, 3.05) is 0 Å². The molecule has 2 aromatic rings. The van der Waals surface area contributed by atoms with Crippen LogP contribution in [-0.2, 0) is 25.9 Å². The summed E-state index contributed by atoms with van der Waals surface area (Å²) in [5.74, 6) is 2.32. The average molecular weight is 401 g/mol. The summed E-state index contributed by atoms with van der Waals surface area (Å²) in [6.07, 6.45) is 14.2. The molecule has 29 heavy (non-hydrogen) atoms. The Bertz CT molecular complexity index is 731. The second kappa shape index (κ2) is 9.86. The van der Waals surface area contributed by atoms with E-state index in [1.807, 2.05) is 9.36 Å². The first-order valence-corrected chi connectivity index (χ1v) is 11.5. The molecule has 0 aromatic carbocycles. The summed E-state index contributed by atoms with van der Waals surface area (Å²) in [6.45, 7) is 13.2. The van der Waals surface area contributed by atoms with Crippen molar-refractivity contribution in [1.29, 1.82) is 0 Å². The van der Waals surface area contributed by atoms with Crippen LogP contribution in [0.25, 0.3) is 0 Å². The maximum atomic E-state index is 4.35. The van der Waals surface area contributed by atoms with Crippen molar-refractivity contribution >= 4 is 0 Å².